The summed E-state index contributed by atoms with van der Waals surface area (Å²) in [6.45, 7) is 2.17. The van der Waals surface area contributed by atoms with Crippen molar-refractivity contribution in [2.24, 2.45) is 0 Å². The first-order valence-electron chi connectivity index (χ1n) is 10.00. The molecule has 1 aromatic carbocycles. The molecule has 170 valence electrons. The Morgan fingerprint density at radius 3 is 2.62 bits per heavy atom. The van der Waals surface area contributed by atoms with Crippen LogP contribution in [0.25, 0.3) is 11.1 Å². The number of aryl methyl sites for hydroxylation is 1. The third kappa shape index (κ3) is 4.12. The summed E-state index contributed by atoms with van der Waals surface area (Å²) in [6.07, 6.45) is -1.91. The highest BCUT2D eigenvalue weighted by Crippen LogP contribution is 2.33. The van der Waals surface area contributed by atoms with Crippen LogP contribution in [0.5, 0.6) is 0 Å². The number of alkyl halides is 3. The third-order valence-corrected chi connectivity index (χ3v) is 5.37. The smallest absolute Gasteiger partial charge is 0.408 e. The number of fused-ring (bicyclic) bond motifs is 1. The lowest BCUT2D eigenvalue weighted by Gasteiger charge is -2.26. The van der Waals surface area contributed by atoms with Crippen LogP contribution >= 0.6 is 0 Å². The summed E-state index contributed by atoms with van der Waals surface area (Å²) in [6, 6.07) is 4.15. The summed E-state index contributed by atoms with van der Waals surface area (Å²) >= 11 is 0. The van der Waals surface area contributed by atoms with Crippen LogP contribution < -0.4 is 11.1 Å². The summed E-state index contributed by atoms with van der Waals surface area (Å²) in [5, 5.41) is 8.00. The highest BCUT2D eigenvalue weighted by Gasteiger charge is 2.39. The molecule has 1 fully saturated rings. The number of aromatic nitrogens is 3. The number of hydrogen-bond acceptors (Lipinski definition) is 5. The number of carbonyl (C=O) groups is 2. The highest BCUT2D eigenvalue weighted by molar-refractivity contribution is 6.04. The van der Waals surface area contributed by atoms with Gasteiger partial charge in [-0.2, -0.15) is 18.3 Å². The van der Waals surface area contributed by atoms with Gasteiger partial charge in [0.05, 0.1) is 5.52 Å². The Hall–Kier alpha value is -3.57. The van der Waals surface area contributed by atoms with Gasteiger partial charge in [0.2, 0.25) is 5.91 Å². The molecule has 0 unspecified atom stereocenters. The Morgan fingerprint density at radius 1 is 1.22 bits per heavy atom. The van der Waals surface area contributed by atoms with Crippen molar-refractivity contribution < 1.29 is 27.2 Å². The number of benzene rings is 1. The van der Waals surface area contributed by atoms with Crippen LogP contribution in [-0.2, 0) is 17.5 Å². The van der Waals surface area contributed by atoms with Crippen molar-refractivity contribution >= 4 is 28.6 Å². The Bertz CT molecular complexity index is 1230. The van der Waals surface area contributed by atoms with Gasteiger partial charge in [-0.25, -0.2) is 4.79 Å². The fraction of sp³-hybridized carbons (Fsp3) is 0.400. The minimum atomic E-state index is -4.76. The van der Waals surface area contributed by atoms with Gasteiger partial charge < -0.3 is 14.6 Å². The minimum absolute atomic E-state index is 0.122. The molecule has 3 aromatic rings. The van der Waals surface area contributed by atoms with E-state index in [4.69, 9.17) is 4.42 Å². The molecule has 0 spiro atoms. The van der Waals surface area contributed by atoms with Crippen LogP contribution in [0, 0.1) is 6.92 Å². The summed E-state index contributed by atoms with van der Waals surface area (Å²) in [5.74, 6) is -2.04. The molecule has 2 aromatic heterocycles. The fourth-order valence-electron chi connectivity index (χ4n) is 3.80. The lowest BCUT2D eigenvalue weighted by Crippen LogP contribution is -2.39. The van der Waals surface area contributed by atoms with E-state index < -0.39 is 29.1 Å². The Balaban J connectivity index is 1.60. The monoisotopic (exact) mass is 451 g/mol. The number of carbonyl (C=O) groups excluding carboxylic acids is 2. The molecule has 3 heterocycles. The normalized spacial score (nSPS) is 14.7. The summed E-state index contributed by atoms with van der Waals surface area (Å²) in [7, 11) is 0. The van der Waals surface area contributed by atoms with Crippen LogP contribution in [0.2, 0.25) is 0 Å². The van der Waals surface area contributed by atoms with Gasteiger partial charge in [0.25, 0.3) is 5.91 Å². The number of oxazole rings is 1. The maximum absolute atomic E-state index is 13.3. The first-order valence-corrected chi connectivity index (χ1v) is 10.00. The molecule has 32 heavy (non-hydrogen) atoms. The highest BCUT2D eigenvalue weighted by atomic mass is 19.4. The van der Waals surface area contributed by atoms with Crippen LogP contribution in [0.4, 0.5) is 18.9 Å². The number of H-pyrrole nitrogens is 1. The van der Waals surface area contributed by atoms with Crippen molar-refractivity contribution in [3.63, 3.8) is 0 Å². The van der Waals surface area contributed by atoms with Crippen molar-refractivity contribution in [3.8, 4) is 0 Å². The van der Waals surface area contributed by atoms with Gasteiger partial charge in [0.15, 0.2) is 11.3 Å². The number of piperidine rings is 1. The van der Waals surface area contributed by atoms with Crippen LogP contribution in [0.15, 0.2) is 27.4 Å². The van der Waals surface area contributed by atoms with E-state index in [1.54, 1.807) is 4.90 Å². The summed E-state index contributed by atoms with van der Waals surface area (Å²) in [5.41, 5.74) is -1.67. The van der Waals surface area contributed by atoms with Gasteiger partial charge in [0.1, 0.15) is 12.1 Å². The van der Waals surface area contributed by atoms with Crippen molar-refractivity contribution in [2.75, 3.05) is 18.4 Å². The lowest BCUT2D eigenvalue weighted by atomic mass is 10.1. The second kappa shape index (κ2) is 8.17. The van der Waals surface area contributed by atoms with Gasteiger partial charge in [-0.3, -0.25) is 19.3 Å². The number of rotatable bonds is 4. The van der Waals surface area contributed by atoms with Gasteiger partial charge in [-0.1, -0.05) is 0 Å². The number of likely N-dealkylation sites (tertiary alicyclic amines) is 1. The Labute approximate surface area is 179 Å². The van der Waals surface area contributed by atoms with Crippen molar-refractivity contribution in [3.05, 3.63) is 45.7 Å². The molecule has 0 atom stereocenters. The molecule has 9 nitrogen and oxygen atoms in total. The van der Waals surface area contributed by atoms with Crippen molar-refractivity contribution in [1.82, 2.24) is 19.7 Å². The molecular formula is C20H20F3N5O4. The number of aromatic amines is 1. The van der Waals surface area contributed by atoms with E-state index in [0.29, 0.717) is 13.1 Å². The topological polar surface area (TPSA) is 113 Å². The second-order valence-electron chi connectivity index (χ2n) is 7.60. The molecule has 2 N–H and O–H groups in total. The molecule has 0 aliphatic carbocycles. The number of halogens is 3. The molecule has 0 radical (unpaired) electrons. The van der Waals surface area contributed by atoms with E-state index in [0.717, 1.165) is 23.8 Å². The number of nitrogens with zero attached hydrogens (tertiary/aromatic N) is 3. The number of anilines is 1. The molecule has 12 heteroatoms. The first-order chi connectivity index (χ1) is 15.1. The zero-order chi connectivity index (χ0) is 23.0. The second-order valence-corrected chi connectivity index (χ2v) is 7.60. The van der Waals surface area contributed by atoms with Gasteiger partial charge in [-0.05, 0) is 44.4 Å². The molecule has 1 aliphatic heterocycles. The van der Waals surface area contributed by atoms with Crippen molar-refractivity contribution in [2.45, 2.75) is 38.9 Å². The van der Waals surface area contributed by atoms with Crippen LogP contribution in [0.3, 0.4) is 0 Å². The maximum atomic E-state index is 13.3. The number of amides is 2. The molecule has 1 saturated heterocycles. The Morgan fingerprint density at radius 2 is 1.94 bits per heavy atom. The largest absolute Gasteiger partial charge is 0.420 e. The van der Waals surface area contributed by atoms with Gasteiger partial charge in [-0.15, -0.1) is 0 Å². The van der Waals surface area contributed by atoms with E-state index in [1.165, 1.54) is 25.1 Å². The SMILES string of the molecule is Cc1[nH]nc(C(=O)Nc2ccc3oc(=O)n(CC(=O)N4CCCCC4)c3c2)c1C(F)(F)F. The average Bonchev–Trinajstić information content (AvgIpc) is 3.28. The van der Waals surface area contributed by atoms with E-state index >= 15 is 0 Å². The predicted octanol–water partition coefficient (Wildman–Crippen LogP) is 2.91. The average molecular weight is 451 g/mol. The molecule has 2 amide bonds. The summed E-state index contributed by atoms with van der Waals surface area (Å²) < 4.78 is 46.1. The van der Waals surface area contributed by atoms with Crippen LogP contribution in [-0.4, -0.2) is 44.6 Å². The number of hydrogen-bond donors (Lipinski definition) is 2. The standard InChI is InChI=1S/C20H20F3N5O4/c1-11-16(20(21,22)23)17(26-25-11)18(30)24-12-5-6-14-13(9-12)28(19(31)32-14)10-15(29)27-7-3-2-4-8-27/h5-6,9H,2-4,7-8,10H2,1H3,(H,24,30)(H,25,26). The first kappa shape index (κ1) is 21.7. The van der Waals surface area contributed by atoms with E-state index in [-0.39, 0.29) is 34.9 Å². The maximum Gasteiger partial charge on any atom is 0.420 e. The lowest BCUT2D eigenvalue weighted by molar-refractivity contribution is -0.138. The molecule has 0 saturated carbocycles. The Kier molecular flexibility index (Phi) is 5.53. The van der Waals surface area contributed by atoms with Gasteiger partial charge >= 0.3 is 11.9 Å². The fourth-order valence-corrected chi connectivity index (χ4v) is 3.80. The van der Waals surface area contributed by atoms with E-state index in [1.807, 2.05) is 0 Å². The third-order valence-electron chi connectivity index (χ3n) is 5.37. The number of nitrogens with one attached hydrogen (secondary N) is 2. The van der Waals surface area contributed by atoms with E-state index in [9.17, 15) is 27.6 Å². The van der Waals surface area contributed by atoms with Crippen molar-refractivity contribution in [1.29, 1.82) is 0 Å². The quantitative estimate of drug-likeness (QED) is 0.633. The van der Waals surface area contributed by atoms with E-state index in [2.05, 4.69) is 15.5 Å². The zero-order valence-corrected chi connectivity index (χ0v) is 17.1. The molecule has 0 bridgehead atoms. The molecule has 1 aliphatic rings. The van der Waals surface area contributed by atoms with Crippen LogP contribution in [0.1, 0.15) is 41.0 Å². The summed E-state index contributed by atoms with van der Waals surface area (Å²) in [4.78, 5) is 39.0. The molecule has 4 rings (SSSR count). The molecular weight excluding hydrogens is 431 g/mol. The predicted molar refractivity (Wildman–Crippen MR) is 107 cm³/mol. The van der Waals surface area contributed by atoms with Gasteiger partial charge in [0, 0.05) is 24.5 Å². The minimum Gasteiger partial charge on any atom is -0.408 e. The zero-order valence-electron chi connectivity index (χ0n) is 17.1.